The molecule has 0 atom stereocenters. The van der Waals surface area contributed by atoms with Gasteiger partial charge in [-0.25, -0.2) is 0 Å². The average molecular weight is 191 g/mol. The maximum absolute atomic E-state index is 5.15. The first-order chi connectivity index (χ1) is 6.92. The molecule has 0 spiro atoms. The summed E-state index contributed by atoms with van der Waals surface area (Å²) in [6.45, 7) is 0. The number of hydrogen-bond acceptors (Lipinski definition) is 4. The zero-order valence-corrected chi connectivity index (χ0v) is 7.94. The molecule has 0 amide bonds. The zero-order valence-electron chi connectivity index (χ0n) is 7.94. The minimum Gasteiger partial charge on any atom is -0.348 e. The Hall–Kier alpha value is -1.32. The minimum absolute atomic E-state index is 0.458. The van der Waals surface area contributed by atoms with Crippen LogP contribution in [0.4, 0.5) is 5.95 Å². The molecular weight excluding hydrogens is 178 g/mol. The topological polar surface area (TPSA) is 51.0 Å². The molecule has 0 radical (unpaired) electrons. The van der Waals surface area contributed by atoms with Crippen molar-refractivity contribution in [3.05, 3.63) is 18.0 Å². The van der Waals surface area contributed by atoms with Gasteiger partial charge in [-0.3, -0.25) is 0 Å². The van der Waals surface area contributed by atoms with Gasteiger partial charge in [0.2, 0.25) is 5.89 Å². The molecule has 2 aliphatic carbocycles. The van der Waals surface area contributed by atoms with E-state index < -0.39 is 0 Å². The van der Waals surface area contributed by atoms with E-state index in [-0.39, 0.29) is 0 Å². The van der Waals surface area contributed by atoms with Crippen LogP contribution in [0.5, 0.6) is 0 Å². The van der Waals surface area contributed by atoms with Crippen LogP contribution in [0.2, 0.25) is 0 Å². The lowest BCUT2D eigenvalue weighted by molar-refractivity contribution is 0.379. The highest BCUT2D eigenvalue weighted by molar-refractivity contribution is 5.26. The summed E-state index contributed by atoms with van der Waals surface area (Å²) in [5, 5.41) is 7.18. The lowest BCUT2D eigenvalue weighted by atomic mass is 10.2. The van der Waals surface area contributed by atoms with E-state index in [0.717, 1.165) is 18.7 Å². The van der Waals surface area contributed by atoms with Gasteiger partial charge in [0.1, 0.15) is 0 Å². The van der Waals surface area contributed by atoms with Crippen molar-refractivity contribution in [2.45, 2.75) is 37.6 Å². The molecule has 1 N–H and O–H groups in total. The number of aromatic nitrogens is 2. The van der Waals surface area contributed by atoms with Gasteiger partial charge in [0.15, 0.2) is 0 Å². The van der Waals surface area contributed by atoms with Gasteiger partial charge in [-0.15, -0.1) is 0 Å². The maximum Gasteiger partial charge on any atom is 0.263 e. The van der Waals surface area contributed by atoms with Crippen LogP contribution in [0.1, 0.15) is 37.5 Å². The molecule has 1 saturated carbocycles. The van der Waals surface area contributed by atoms with Crippen LogP contribution in [0, 0.1) is 0 Å². The summed E-state index contributed by atoms with van der Waals surface area (Å²) in [5.74, 6) is 2.00. The molecule has 0 saturated heterocycles. The van der Waals surface area contributed by atoms with E-state index in [0.29, 0.717) is 17.9 Å². The molecule has 0 unspecified atom stereocenters. The summed E-state index contributed by atoms with van der Waals surface area (Å²) < 4.78 is 5.15. The second-order valence-corrected chi connectivity index (χ2v) is 4.01. The van der Waals surface area contributed by atoms with Crippen molar-refractivity contribution < 1.29 is 4.52 Å². The molecule has 4 heteroatoms. The first-order valence-corrected chi connectivity index (χ1v) is 5.17. The Kier molecular flexibility index (Phi) is 1.79. The second-order valence-electron chi connectivity index (χ2n) is 4.01. The van der Waals surface area contributed by atoms with Crippen LogP contribution in [-0.2, 0) is 0 Å². The summed E-state index contributed by atoms with van der Waals surface area (Å²) in [7, 11) is 0. The smallest absolute Gasteiger partial charge is 0.263 e. The monoisotopic (exact) mass is 191 g/mol. The Morgan fingerprint density at radius 3 is 2.79 bits per heavy atom. The van der Waals surface area contributed by atoms with Gasteiger partial charge in [-0.2, -0.15) is 4.98 Å². The summed E-state index contributed by atoms with van der Waals surface area (Å²) >= 11 is 0. The number of nitrogens with zero attached hydrogens (tertiary/aromatic N) is 2. The van der Waals surface area contributed by atoms with E-state index in [1.54, 1.807) is 0 Å². The van der Waals surface area contributed by atoms with Crippen LogP contribution in [0.15, 0.2) is 16.7 Å². The van der Waals surface area contributed by atoms with Crippen LogP contribution in [0.25, 0.3) is 0 Å². The van der Waals surface area contributed by atoms with Crippen LogP contribution < -0.4 is 5.32 Å². The van der Waals surface area contributed by atoms with Crippen molar-refractivity contribution in [2.24, 2.45) is 0 Å². The molecule has 0 aromatic carbocycles. The molecule has 4 nitrogen and oxygen atoms in total. The average Bonchev–Trinajstić information content (AvgIpc) is 2.75. The molecule has 1 aromatic rings. The van der Waals surface area contributed by atoms with Crippen LogP contribution in [-0.4, -0.2) is 16.2 Å². The fourth-order valence-electron chi connectivity index (χ4n) is 1.71. The van der Waals surface area contributed by atoms with E-state index in [4.69, 9.17) is 4.52 Å². The second kappa shape index (κ2) is 3.12. The molecule has 3 rings (SSSR count). The molecule has 1 fully saturated rings. The normalized spacial score (nSPS) is 21.7. The molecule has 1 heterocycles. The van der Waals surface area contributed by atoms with Gasteiger partial charge in [0.25, 0.3) is 5.95 Å². The zero-order chi connectivity index (χ0) is 9.38. The van der Waals surface area contributed by atoms with Gasteiger partial charge in [-0.1, -0.05) is 12.2 Å². The third-order valence-electron chi connectivity index (χ3n) is 2.71. The first-order valence-electron chi connectivity index (χ1n) is 5.17. The van der Waals surface area contributed by atoms with Crippen molar-refractivity contribution >= 4 is 5.95 Å². The summed E-state index contributed by atoms with van der Waals surface area (Å²) in [4.78, 5) is 4.32. The molecule has 0 aliphatic heterocycles. The molecule has 1 aromatic heterocycles. The van der Waals surface area contributed by atoms with Gasteiger partial charge in [-0.05, 0) is 30.8 Å². The van der Waals surface area contributed by atoms with E-state index in [9.17, 15) is 0 Å². The first kappa shape index (κ1) is 8.03. The van der Waals surface area contributed by atoms with Gasteiger partial charge < -0.3 is 9.84 Å². The van der Waals surface area contributed by atoms with Crippen molar-refractivity contribution in [3.8, 4) is 0 Å². The third kappa shape index (κ3) is 1.52. The van der Waals surface area contributed by atoms with Crippen molar-refractivity contribution in [1.29, 1.82) is 0 Å². The lowest BCUT2D eigenvalue weighted by Gasteiger charge is -2.07. The summed E-state index contributed by atoms with van der Waals surface area (Å²) in [6, 6.07) is 0.458. The Morgan fingerprint density at radius 1 is 1.29 bits per heavy atom. The number of nitrogens with one attached hydrogen (secondary N) is 1. The molecular formula is C10H13N3O. The van der Waals surface area contributed by atoms with Crippen molar-refractivity contribution in [3.63, 3.8) is 0 Å². The van der Waals surface area contributed by atoms with Gasteiger partial charge >= 0.3 is 0 Å². The molecule has 0 bridgehead atoms. The maximum atomic E-state index is 5.15. The van der Waals surface area contributed by atoms with Gasteiger partial charge in [0.05, 0.1) is 0 Å². The predicted molar refractivity (Wildman–Crippen MR) is 52.1 cm³/mol. The predicted octanol–water partition coefficient (Wildman–Crippen LogP) is 2.08. The fourth-order valence-corrected chi connectivity index (χ4v) is 1.71. The Balaban J connectivity index is 1.64. The Morgan fingerprint density at radius 2 is 2.07 bits per heavy atom. The van der Waals surface area contributed by atoms with E-state index in [2.05, 4.69) is 27.6 Å². The summed E-state index contributed by atoms with van der Waals surface area (Å²) in [6.07, 6.45) is 8.89. The standard InChI is InChI=1S/C10H13N3O/c1-2-4-8(3-1)11-10-12-9(14-13-10)7-5-6-7/h1-2,7-8H,3-6H2,(H,11,13). The van der Waals surface area contributed by atoms with E-state index in [1.807, 2.05) is 0 Å². The van der Waals surface area contributed by atoms with Gasteiger partial charge in [0, 0.05) is 12.0 Å². The highest BCUT2D eigenvalue weighted by atomic mass is 16.5. The molecule has 14 heavy (non-hydrogen) atoms. The highest BCUT2D eigenvalue weighted by Gasteiger charge is 2.29. The third-order valence-corrected chi connectivity index (χ3v) is 2.71. The van der Waals surface area contributed by atoms with Crippen LogP contribution >= 0.6 is 0 Å². The van der Waals surface area contributed by atoms with Crippen LogP contribution in [0.3, 0.4) is 0 Å². The SMILES string of the molecule is C1=CCC(Nc2noc(C3CC3)n2)C1. The van der Waals surface area contributed by atoms with Crippen molar-refractivity contribution in [2.75, 3.05) is 5.32 Å². The highest BCUT2D eigenvalue weighted by Crippen LogP contribution is 2.39. The summed E-state index contributed by atoms with van der Waals surface area (Å²) in [5.41, 5.74) is 0. The number of hydrogen-bond donors (Lipinski definition) is 1. The largest absolute Gasteiger partial charge is 0.348 e. The quantitative estimate of drug-likeness (QED) is 0.743. The Bertz CT molecular complexity index is 346. The molecule has 2 aliphatic rings. The fraction of sp³-hybridized carbons (Fsp3) is 0.600. The van der Waals surface area contributed by atoms with E-state index >= 15 is 0 Å². The van der Waals surface area contributed by atoms with E-state index in [1.165, 1.54) is 12.8 Å². The number of rotatable bonds is 3. The molecule has 74 valence electrons. The Labute approximate surface area is 82.4 Å². The van der Waals surface area contributed by atoms with Crippen molar-refractivity contribution in [1.82, 2.24) is 10.1 Å². The lowest BCUT2D eigenvalue weighted by Crippen LogP contribution is -2.15. The minimum atomic E-state index is 0.458. The number of anilines is 1.